The number of hydrogen-bond donors (Lipinski definition) is 11. The summed E-state index contributed by atoms with van der Waals surface area (Å²) in [5, 5.41) is 51.1. The third-order valence-corrected chi connectivity index (χ3v) is 18.4. The maximum atomic E-state index is 12.6. The number of nitrogens with one attached hydrogen (secondary N) is 6. The molecule has 0 fully saturated rings. The number of carboxylic acids is 3. The molecule has 54 heteroatoms. The van der Waals surface area contributed by atoms with Crippen molar-refractivity contribution in [3.63, 3.8) is 0 Å². The number of aliphatic hydroxyl groups is 1. The topological polar surface area (TPSA) is 618 Å². The molecule has 13 N–H and O–H groups in total. The standard InChI is InChI=1S/C14H27NO4.C13H25NO5.C13H23NO5.C13H25NO4.C10H20FNO4P2.C10H19NO4.C8H7ClO2.C5H11NO2.C3H6O.C2F4O2P2.B.K.Na.H2O.H/c1-9(2)12(10(3)8-11(16)18-7)15-13(17)19-14(4,5)6;2*1-8(2)11(9(15)7-10(16)18-6)14-12(17)19-13(3,4)5;1-8(2)11(9(3)7-10(15)16)14-12(17)18-13(4,5)6;1-6(2)7(8(13)16-18(11)17)12-9(14)15-10(3,4)5;1-6(2)7(8(12)13)11-9(14)15-10(3,4)5;9-8(10)11-6-7-4-2-1-3-5-7;1-3(2)4(6)5(7)8;1-3(2)4;3-2(4,5)1(7)10(6)9-8;;;;;/h9-10,12H,8H2,1-7H3,(H,15,17);8-9,11,15H,7H2,1-6H3,(H,14,17);8,11H,7H2,1-6H3,(H,14,17);8-9,11H,7H2,1-6H3,(H,14,17)(H,15,16);6-7H,17H2,1-5H3,(H,12,14);6-7H,1-5H3,(H,11,14)(H,12,13);1-5H,6H2;3-4H,6H2,1-2H3,(H,7,8);1-2H3;;;;;1H2;/q;;;;;;;;;;;2*+1;;-1/p-1/t10-,12+;9-,11+;11-;9-,11+;7-,18?;7-;;4-;;;;;;;/m001011.1......./s1. The molecule has 0 heterocycles. The molecule has 41 nitrogen and oxygen atoms in total. The average molecular weight is 2230 g/mol. The number of nitrogens with two attached hydrogens (primary N) is 1. The first-order valence-electron chi connectivity index (χ1n) is 44.3. The van der Waals surface area contributed by atoms with Gasteiger partial charge in [-0.3, -0.25) is 38.1 Å². The van der Waals surface area contributed by atoms with Gasteiger partial charge in [0.1, 0.15) is 70.5 Å². The Morgan fingerprint density at radius 2 is 0.738 bits per heavy atom. The Hall–Kier alpha value is -6.48. The van der Waals surface area contributed by atoms with E-state index in [2.05, 4.69) is 55.4 Å². The first-order valence-corrected chi connectivity index (χ1v) is 50.2. The van der Waals surface area contributed by atoms with E-state index in [1.54, 1.807) is 168 Å². The van der Waals surface area contributed by atoms with E-state index in [0.29, 0.717) is 0 Å². The fraction of sp³-hybridized carbons (Fsp3) is 0.747. The number of carbonyl (C=O) groups is 17. The minimum atomic E-state index is -5.21. The molecule has 1 aromatic rings. The van der Waals surface area contributed by atoms with Gasteiger partial charge in [0.2, 0.25) is 8.15 Å². The van der Waals surface area contributed by atoms with Gasteiger partial charge in [-0.25, -0.2) is 47.3 Å². The van der Waals surface area contributed by atoms with Gasteiger partial charge in [-0.05, 0) is 206 Å². The van der Waals surface area contributed by atoms with Crippen LogP contribution in [0.2, 0.25) is 0 Å². The monoisotopic (exact) mass is 2230 g/mol. The number of esters is 3. The Labute approximate surface area is 932 Å². The summed E-state index contributed by atoms with van der Waals surface area (Å²) in [4.78, 5) is 187. The number of benzene rings is 1. The summed E-state index contributed by atoms with van der Waals surface area (Å²) < 4.78 is 120. The number of aliphatic carboxylic acids is 3. The Morgan fingerprint density at radius 1 is 0.455 bits per heavy atom. The second-order valence-electron chi connectivity index (χ2n) is 39.4. The fourth-order valence-electron chi connectivity index (χ4n) is 9.77. The zero-order valence-electron chi connectivity index (χ0n) is 93.2. The summed E-state index contributed by atoms with van der Waals surface area (Å²) in [6.07, 6.45) is -10.1. The van der Waals surface area contributed by atoms with E-state index >= 15 is 0 Å². The van der Waals surface area contributed by atoms with Gasteiger partial charge in [0.25, 0.3) is 16.1 Å². The third-order valence-electron chi connectivity index (χ3n) is 15.9. The second-order valence-corrected chi connectivity index (χ2v) is 44.3. The van der Waals surface area contributed by atoms with Crippen molar-refractivity contribution in [3.05, 3.63) is 35.9 Å². The number of aliphatic hydroxyl groups excluding tert-OH is 1. The number of alkyl carbamates (subject to hydrolysis) is 6. The quantitative estimate of drug-likeness (QED) is 0.00592. The van der Waals surface area contributed by atoms with E-state index in [1.165, 1.54) is 35.2 Å². The Morgan fingerprint density at radius 3 is 0.966 bits per heavy atom. The van der Waals surface area contributed by atoms with Crippen LogP contribution in [0.5, 0.6) is 0 Å². The number of carboxylic acid groups (broad SMARTS) is 3. The van der Waals surface area contributed by atoms with Crippen molar-refractivity contribution < 1.29 is 268 Å². The third kappa shape index (κ3) is 106. The first-order chi connectivity index (χ1) is 63.3. The van der Waals surface area contributed by atoms with Crippen molar-refractivity contribution in [1.82, 2.24) is 31.9 Å². The Balaban J connectivity index is -0.000000112. The largest absolute Gasteiger partial charge is 1.00 e. The van der Waals surface area contributed by atoms with E-state index in [-0.39, 0.29) is 206 Å². The molecule has 13 atom stereocenters. The molecule has 3 radical (unpaired) electrons. The number of alkyl halides is 3. The fourth-order valence-corrected chi connectivity index (χ4v) is 11.3. The zero-order chi connectivity index (χ0) is 114. The number of ketones is 2. The molecular formula is C91H165BClF5KN7NaO34P4. The minimum Gasteiger partial charge on any atom is -1.00 e. The van der Waals surface area contributed by atoms with Gasteiger partial charge >= 0.3 is 176 Å². The molecule has 835 valence electrons. The molecule has 0 spiro atoms. The van der Waals surface area contributed by atoms with E-state index in [1.807, 2.05) is 106 Å². The predicted molar refractivity (Wildman–Crippen MR) is 536 cm³/mol. The Bertz CT molecular complexity index is 3880. The van der Waals surface area contributed by atoms with Gasteiger partial charge in [-0.2, -0.15) is 17.4 Å². The molecule has 1 rings (SSSR count). The van der Waals surface area contributed by atoms with Crippen molar-refractivity contribution in [2.24, 2.45) is 59.0 Å². The maximum absolute atomic E-state index is 12.6. The number of hydrogen-bond acceptors (Lipinski definition) is 32. The van der Waals surface area contributed by atoms with Gasteiger partial charge in [-0.1, -0.05) is 141 Å². The van der Waals surface area contributed by atoms with Crippen LogP contribution in [-0.4, -0.2) is 245 Å². The van der Waals surface area contributed by atoms with Gasteiger partial charge in [0.05, 0.1) is 52.4 Å². The summed E-state index contributed by atoms with van der Waals surface area (Å²) in [7, 11) is -1.76. The van der Waals surface area contributed by atoms with Crippen molar-refractivity contribution in [2.45, 2.75) is 370 Å². The van der Waals surface area contributed by atoms with E-state index in [0.717, 1.165) is 5.56 Å². The summed E-state index contributed by atoms with van der Waals surface area (Å²) >= 11 is 4.97. The van der Waals surface area contributed by atoms with Crippen LogP contribution >= 0.6 is 44.7 Å². The van der Waals surface area contributed by atoms with Crippen LogP contribution in [0.4, 0.5) is 55.1 Å². The van der Waals surface area contributed by atoms with Gasteiger partial charge < -0.3 is 122 Å². The number of methoxy groups -OCH3 is 3. The van der Waals surface area contributed by atoms with Crippen LogP contribution in [0.15, 0.2) is 30.3 Å². The van der Waals surface area contributed by atoms with Crippen LogP contribution in [-0.2, 0) is 111 Å². The number of rotatable bonds is 33. The zero-order valence-corrected chi connectivity index (χ0v) is 102. The molecule has 0 saturated carbocycles. The summed E-state index contributed by atoms with van der Waals surface area (Å²) in [5.41, 5.74) is -0.858. The molecule has 0 aromatic heterocycles. The van der Waals surface area contributed by atoms with Crippen LogP contribution in [0.25, 0.3) is 0 Å². The van der Waals surface area contributed by atoms with E-state index in [4.69, 9.17) is 61.1 Å². The maximum Gasteiger partial charge on any atom is 1.00 e. The van der Waals surface area contributed by atoms with Crippen molar-refractivity contribution >= 4 is 154 Å². The van der Waals surface area contributed by atoms with Crippen molar-refractivity contribution in [1.29, 1.82) is 0 Å². The number of amides is 6. The molecular weight excluding hydrogens is 2060 g/mol. The summed E-state index contributed by atoms with van der Waals surface area (Å²) in [6.45, 7) is 64.1. The van der Waals surface area contributed by atoms with Crippen LogP contribution in [0.1, 0.15) is 282 Å². The van der Waals surface area contributed by atoms with Crippen molar-refractivity contribution in [2.75, 3.05) is 21.3 Å². The van der Waals surface area contributed by atoms with Gasteiger partial charge in [0.15, 0.2) is 5.78 Å². The molecule has 0 bridgehead atoms. The van der Waals surface area contributed by atoms with Gasteiger partial charge in [0, 0.05) is 38.5 Å². The molecule has 0 aliphatic carbocycles. The minimum absolute atomic E-state index is 0. The normalized spacial score (nSPS) is 13.3. The summed E-state index contributed by atoms with van der Waals surface area (Å²) in [5.74, 6) is -5.71. The number of carbonyl (C=O) groups excluding carboxylic acids is 14. The molecule has 0 saturated heterocycles. The smallest absolute Gasteiger partial charge is 1.00 e. The van der Waals surface area contributed by atoms with Crippen molar-refractivity contribution in [3.8, 4) is 0 Å². The number of ether oxygens (including phenoxy) is 10. The number of Topliss-reactive ketones (excluding diaryl/α,β-unsaturated/α-hetero) is 2. The van der Waals surface area contributed by atoms with Crippen LogP contribution in [0, 0.1) is 53.3 Å². The number of halogens is 6. The molecule has 3 unspecified atom stereocenters. The van der Waals surface area contributed by atoms with Crippen LogP contribution < -0.4 is 119 Å². The van der Waals surface area contributed by atoms with E-state index in [9.17, 15) is 113 Å². The summed E-state index contributed by atoms with van der Waals surface area (Å²) in [6, 6.07) is 5.12. The SMILES string of the molecule is CC(C)=O.CC(C)[C@@H](N)C(=O)O.CC(C)[C@@H](NC(=O)OC(C)(C)C)C(=O)O.CC(C)[C@@H](NC(=O)OC(C)(C)C)C(=O)OP(F)P.CC(C)[C@@H](NC(=O)OC(C)(C)C)[C@@H](C)CC(=O)O.COC(=O)CC(=O)[C@H](NC(=O)OC(C)(C)C)C(C)C.COC(=O)C[C@H](C)[C@H](NC(=O)OC(C)(C)C)C(C)C.COC(=O)C[C@H](O)[C@H](NC(=O)OC(C)(C)C)C(C)C.O=C(Cl)OCc1ccccc1.O=PP(F)C(=O)C(F)(F)F.[B].[H-].[K+].[Na+].[OH-]. The molecule has 6 amide bonds. The second kappa shape index (κ2) is 84.2. The first kappa shape index (κ1) is 166. The molecule has 1 aromatic carbocycles. The predicted octanol–water partition coefficient (Wildman–Crippen LogP) is 12.7. The molecule has 0 aliphatic rings. The molecule has 0 aliphatic heterocycles. The van der Waals surface area contributed by atoms with Crippen LogP contribution in [0.3, 0.4) is 0 Å². The Kier molecular flexibility index (Phi) is 96.5. The molecule has 145 heavy (non-hydrogen) atoms. The average Bonchev–Trinajstić information content (AvgIpc) is 0.886. The van der Waals surface area contributed by atoms with E-state index < -0.39 is 189 Å². The van der Waals surface area contributed by atoms with Gasteiger partial charge in [-0.15, -0.1) is 0 Å².